The molecule has 18 heavy (non-hydrogen) atoms. The number of hydrogen-bond donors (Lipinski definition) is 2. The highest BCUT2D eigenvalue weighted by Gasteiger charge is 2.13. The minimum Gasteiger partial charge on any atom is -0.376 e. The van der Waals surface area contributed by atoms with Crippen molar-refractivity contribution in [2.45, 2.75) is 6.92 Å². The van der Waals surface area contributed by atoms with Crippen LogP contribution in [0.1, 0.15) is 16.1 Å². The van der Waals surface area contributed by atoms with Crippen LogP contribution >= 0.6 is 0 Å². The fourth-order valence-electron chi connectivity index (χ4n) is 1.74. The van der Waals surface area contributed by atoms with Crippen molar-refractivity contribution in [1.29, 1.82) is 0 Å². The van der Waals surface area contributed by atoms with Crippen LogP contribution in [0.4, 0.5) is 11.4 Å². The Morgan fingerprint density at radius 1 is 1.33 bits per heavy atom. The number of benzene rings is 1. The molecule has 0 atom stereocenters. The number of carbonyl (C=O) groups excluding carboxylic acids is 1. The molecule has 0 saturated carbocycles. The monoisotopic (exact) mass is 244 g/mol. The molecule has 94 valence electrons. The van der Waals surface area contributed by atoms with Crippen molar-refractivity contribution in [3.63, 3.8) is 0 Å². The first-order chi connectivity index (χ1) is 8.59. The van der Waals surface area contributed by atoms with Gasteiger partial charge in [-0.25, -0.2) is 0 Å². The summed E-state index contributed by atoms with van der Waals surface area (Å²) in [5, 5.41) is 9.49. The van der Waals surface area contributed by atoms with E-state index in [0.717, 1.165) is 17.1 Å². The van der Waals surface area contributed by atoms with Crippen LogP contribution in [-0.2, 0) is 0 Å². The first-order valence-electron chi connectivity index (χ1n) is 5.67. The zero-order valence-electron chi connectivity index (χ0n) is 10.7. The van der Waals surface area contributed by atoms with Gasteiger partial charge in [0.15, 0.2) is 0 Å². The van der Waals surface area contributed by atoms with Gasteiger partial charge in [-0.05, 0) is 19.1 Å². The van der Waals surface area contributed by atoms with Crippen molar-refractivity contribution >= 4 is 17.3 Å². The second-order valence-corrected chi connectivity index (χ2v) is 4.27. The molecule has 2 rings (SSSR count). The molecule has 5 heteroatoms. The SMILES string of the molecule is Cc1[nH]ncc1C(=O)Nc1ccccc1N(C)C. The molecule has 0 spiro atoms. The quantitative estimate of drug-likeness (QED) is 0.868. The van der Waals surface area contributed by atoms with Crippen LogP contribution in [-0.4, -0.2) is 30.2 Å². The number of hydrogen-bond acceptors (Lipinski definition) is 3. The van der Waals surface area contributed by atoms with E-state index in [9.17, 15) is 4.79 Å². The summed E-state index contributed by atoms with van der Waals surface area (Å²) in [6, 6.07) is 7.67. The minimum absolute atomic E-state index is 0.157. The van der Waals surface area contributed by atoms with E-state index in [1.54, 1.807) is 0 Å². The Balaban J connectivity index is 2.25. The van der Waals surface area contributed by atoms with Gasteiger partial charge >= 0.3 is 0 Å². The predicted molar refractivity (Wildman–Crippen MR) is 72.0 cm³/mol. The van der Waals surface area contributed by atoms with E-state index < -0.39 is 0 Å². The Kier molecular flexibility index (Phi) is 3.32. The van der Waals surface area contributed by atoms with Gasteiger partial charge in [0.1, 0.15) is 0 Å². The van der Waals surface area contributed by atoms with Crippen molar-refractivity contribution in [3.05, 3.63) is 41.7 Å². The molecule has 0 aliphatic carbocycles. The molecule has 1 heterocycles. The molecule has 0 aliphatic rings. The van der Waals surface area contributed by atoms with Crippen molar-refractivity contribution in [2.75, 3.05) is 24.3 Å². The average molecular weight is 244 g/mol. The molecule has 0 radical (unpaired) electrons. The van der Waals surface area contributed by atoms with Gasteiger partial charge in [-0.1, -0.05) is 12.1 Å². The van der Waals surface area contributed by atoms with Gasteiger partial charge in [-0.3, -0.25) is 9.89 Å². The minimum atomic E-state index is -0.157. The van der Waals surface area contributed by atoms with E-state index >= 15 is 0 Å². The zero-order valence-corrected chi connectivity index (χ0v) is 10.7. The number of amides is 1. The maximum absolute atomic E-state index is 12.1. The number of H-pyrrole nitrogens is 1. The number of anilines is 2. The lowest BCUT2D eigenvalue weighted by atomic mass is 10.2. The molecule has 0 saturated heterocycles. The Morgan fingerprint density at radius 3 is 2.67 bits per heavy atom. The smallest absolute Gasteiger partial charge is 0.259 e. The number of para-hydroxylation sites is 2. The van der Waals surface area contributed by atoms with Crippen LogP contribution in [0.25, 0.3) is 0 Å². The number of nitrogens with zero attached hydrogens (tertiary/aromatic N) is 2. The summed E-state index contributed by atoms with van der Waals surface area (Å²) < 4.78 is 0. The first-order valence-corrected chi connectivity index (χ1v) is 5.67. The summed E-state index contributed by atoms with van der Waals surface area (Å²) in [5.74, 6) is -0.157. The third kappa shape index (κ3) is 2.34. The standard InChI is InChI=1S/C13H16N4O/c1-9-10(8-14-16-9)13(18)15-11-6-4-5-7-12(11)17(2)3/h4-8H,1-3H3,(H,14,16)(H,15,18). The molecule has 0 unspecified atom stereocenters. The summed E-state index contributed by atoms with van der Waals surface area (Å²) >= 11 is 0. The van der Waals surface area contributed by atoms with Crippen LogP contribution in [0, 0.1) is 6.92 Å². The van der Waals surface area contributed by atoms with Crippen LogP contribution < -0.4 is 10.2 Å². The lowest BCUT2D eigenvalue weighted by molar-refractivity contribution is 0.102. The van der Waals surface area contributed by atoms with Gasteiger partial charge in [0.2, 0.25) is 0 Å². The summed E-state index contributed by atoms with van der Waals surface area (Å²) in [6.45, 7) is 1.82. The summed E-state index contributed by atoms with van der Waals surface area (Å²) in [7, 11) is 3.88. The summed E-state index contributed by atoms with van der Waals surface area (Å²) in [5.41, 5.74) is 3.07. The second-order valence-electron chi connectivity index (χ2n) is 4.27. The van der Waals surface area contributed by atoms with Crippen molar-refractivity contribution < 1.29 is 4.79 Å². The maximum Gasteiger partial charge on any atom is 0.259 e. The average Bonchev–Trinajstić information content (AvgIpc) is 2.76. The van der Waals surface area contributed by atoms with E-state index in [4.69, 9.17) is 0 Å². The second kappa shape index (κ2) is 4.91. The molecule has 1 aromatic heterocycles. The molecule has 1 aromatic carbocycles. The number of rotatable bonds is 3. The number of aromatic nitrogens is 2. The van der Waals surface area contributed by atoms with Crippen LogP contribution in [0.2, 0.25) is 0 Å². The zero-order chi connectivity index (χ0) is 13.1. The highest BCUT2D eigenvalue weighted by Crippen LogP contribution is 2.24. The van der Waals surface area contributed by atoms with Gasteiger partial charge in [0.25, 0.3) is 5.91 Å². The number of carbonyl (C=O) groups is 1. The number of aryl methyl sites for hydroxylation is 1. The van der Waals surface area contributed by atoms with Gasteiger partial charge in [-0.2, -0.15) is 5.10 Å². The van der Waals surface area contributed by atoms with E-state index in [1.807, 2.05) is 50.2 Å². The van der Waals surface area contributed by atoms with E-state index in [2.05, 4.69) is 15.5 Å². The predicted octanol–water partition coefficient (Wildman–Crippen LogP) is 2.04. The summed E-state index contributed by atoms with van der Waals surface area (Å²) in [6.07, 6.45) is 1.53. The fraction of sp³-hybridized carbons (Fsp3) is 0.231. The topological polar surface area (TPSA) is 61.0 Å². The van der Waals surface area contributed by atoms with Crippen molar-refractivity contribution in [3.8, 4) is 0 Å². The number of aromatic amines is 1. The Morgan fingerprint density at radius 2 is 2.06 bits per heavy atom. The molecular formula is C13H16N4O. The van der Waals surface area contributed by atoms with E-state index in [1.165, 1.54) is 6.20 Å². The summed E-state index contributed by atoms with van der Waals surface area (Å²) in [4.78, 5) is 14.0. The first kappa shape index (κ1) is 12.2. The van der Waals surface area contributed by atoms with Crippen LogP contribution in [0.15, 0.2) is 30.5 Å². The van der Waals surface area contributed by atoms with Gasteiger partial charge in [-0.15, -0.1) is 0 Å². The van der Waals surface area contributed by atoms with Crippen LogP contribution in [0.5, 0.6) is 0 Å². The van der Waals surface area contributed by atoms with Gasteiger partial charge in [0, 0.05) is 19.8 Å². The maximum atomic E-state index is 12.1. The molecule has 2 N–H and O–H groups in total. The lowest BCUT2D eigenvalue weighted by Gasteiger charge is -2.17. The third-order valence-corrected chi connectivity index (χ3v) is 2.71. The number of nitrogens with one attached hydrogen (secondary N) is 2. The Bertz CT molecular complexity index is 560. The fourth-order valence-corrected chi connectivity index (χ4v) is 1.74. The van der Waals surface area contributed by atoms with Crippen LogP contribution in [0.3, 0.4) is 0 Å². The molecule has 0 bridgehead atoms. The molecular weight excluding hydrogens is 228 g/mol. The Hall–Kier alpha value is -2.30. The van der Waals surface area contributed by atoms with Crippen molar-refractivity contribution in [1.82, 2.24) is 10.2 Å². The van der Waals surface area contributed by atoms with Gasteiger partial charge in [0.05, 0.1) is 23.1 Å². The molecule has 0 fully saturated rings. The molecule has 0 aliphatic heterocycles. The molecule has 2 aromatic rings. The molecule has 1 amide bonds. The normalized spacial score (nSPS) is 10.2. The molecule has 5 nitrogen and oxygen atoms in total. The third-order valence-electron chi connectivity index (χ3n) is 2.71. The Labute approximate surface area is 106 Å². The highest BCUT2D eigenvalue weighted by molar-refractivity contribution is 6.06. The van der Waals surface area contributed by atoms with Crippen molar-refractivity contribution in [2.24, 2.45) is 0 Å². The van der Waals surface area contributed by atoms with E-state index in [0.29, 0.717) is 5.56 Å². The largest absolute Gasteiger partial charge is 0.376 e. The highest BCUT2D eigenvalue weighted by atomic mass is 16.1. The van der Waals surface area contributed by atoms with Gasteiger partial charge < -0.3 is 10.2 Å². The lowest BCUT2D eigenvalue weighted by Crippen LogP contribution is -2.16. The van der Waals surface area contributed by atoms with E-state index in [-0.39, 0.29) is 5.91 Å².